The van der Waals surface area contributed by atoms with Crippen LogP contribution in [0.1, 0.15) is 20.3 Å². The van der Waals surface area contributed by atoms with Crippen molar-refractivity contribution in [3.63, 3.8) is 0 Å². The Labute approximate surface area is 119 Å². The predicted octanol–water partition coefficient (Wildman–Crippen LogP) is 2.18. The number of aromatic nitrogens is 1. The number of hydrogen-bond acceptors (Lipinski definition) is 6. The van der Waals surface area contributed by atoms with E-state index in [-0.39, 0.29) is 5.69 Å². The molecule has 0 fully saturated rings. The van der Waals surface area contributed by atoms with Gasteiger partial charge in [-0.25, -0.2) is 4.98 Å². The van der Waals surface area contributed by atoms with E-state index in [1.807, 2.05) is 14.0 Å². The molecule has 0 radical (unpaired) electrons. The second-order valence-corrected chi connectivity index (χ2v) is 4.60. The molecule has 1 heterocycles. The van der Waals surface area contributed by atoms with Gasteiger partial charge in [-0.15, -0.1) is 0 Å². The quantitative estimate of drug-likeness (QED) is 0.533. The van der Waals surface area contributed by atoms with E-state index >= 15 is 0 Å². The summed E-state index contributed by atoms with van der Waals surface area (Å²) < 4.78 is 0. The molecule has 7 nitrogen and oxygen atoms in total. The Morgan fingerprint density at radius 3 is 2.35 bits per heavy atom. The van der Waals surface area contributed by atoms with E-state index in [0.29, 0.717) is 18.2 Å². The molecular weight excluding hydrogens is 258 g/mol. The molecule has 0 aromatic carbocycles. The molecule has 2 N–H and O–H groups in total. The van der Waals surface area contributed by atoms with E-state index in [1.165, 1.54) is 12.1 Å². The van der Waals surface area contributed by atoms with Gasteiger partial charge in [0.15, 0.2) is 0 Å². The second-order valence-electron chi connectivity index (χ2n) is 4.60. The maximum absolute atomic E-state index is 10.9. The summed E-state index contributed by atoms with van der Waals surface area (Å²) >= 11 is 0. The van der Waals surface area contributed by atoms with E-state index in [1.54, 1.807) is 0 Å². The van der Waals surface area contributed by atoms with Crippen LogP contribution in [0.3, 0.4) is 0 Å². The van der Waals surface area contributed by atoms with Crippen molar-refractivity contribution >= 4 is 17.3 Å². The van der Waals surface area contributed by atoms with Crippen LogP contribution < -0.4 is 10.6 Å². The lowest BCUT2D eigenvalue weighted by Gasteiger charge is -2.14. The summed E-state index contributed by atoms with van der Waals surface area (Å²) in [6.07, 6.45) is 0.939. The summed E-state index contributed by atoms with van der Waals surface area (Å²) in [4.78, 5) is 17.0. The normalized spacial score (nSPS) is 10.6. The van der Waals surface area contributed by atoms with E-state index < -0.39 is 4.92 Å². The van der Waals surface area contributed by atoms with Gasteiger partial charge in [0, 0.05) is 19.6 Å². The van der Waals surface area contributed by atoms with Gasteiger partial charge < -0.3 is 15.5 Å². The molecule has 0 amide bonds. The van der Waals surface area contributed by atoms with Gasteiger partial charge >= 0.3 is 0 Å². The standard InChI is InChI=1S/C13H23N5O2/c1-4-6-14-12-9-11(18(19)20)10-13(16-12)15-7-8-17(3)5-2/h9-10H,4-8H2,1-3H3,(H2,14,15,16). The number of nitro groups is 1. The minimum Gasteiger partial charge on any atom is -0.370 e. The molecular formula is C13H23N5O2. The molecule has 7 heteroatoms. The number of nitrogens with one attached hydrogen (secondary N) is 2. The summed E-state index contributed by atoms with van der Waals surface area (Å²) in [6, 6.07) is 2.92. The fourth-order valence-corrected chi connectivity index (χ4v) is 1.59. The first kappa shape index (κ1) is 16.2. The monoisotopic (exact) mass is 281 g/mol. The highest BCUT2D eigenvalue weighted by molar-refractivity contribution is 5.54. The van der Waals surface area contributed by atoms with Gasteiger partial charge in [0.05, 0.1) is 17.1 Å². The maximum atomic E-state index is 10.9. The maximum Gasteiger partial charge on any atom is 0.276 e. The largest absolute Gasteiger partial charge is 0.370 e. The third-order valence-electron chi connectivity index (χ3n) is 2.92. The van der Waals surface area contributed by atoms with Crippen LogP contribution in [0.4, 0.5) is 17.3 Å². The molecule has 0 unspecified atom stereocenters. The highest BCUT2D eigenvalue weighted by atomic mass is 16.6. The van der Waals surface area contributed by atoms with Crippen molar-refractivity contribution in [2.24, 2.45) is 0 Å². The number of rotatable bonds is 9. The SMILES string of the molecule is CCCNc1cc([N+](=O)[O-])cc(NCCN(C)CC)n1. The van der Waals surface area contributed by atoms with Crippen LogP contribution in [0.15, 0.2) is 12.1 Å². The average Bonchev–Trinajstić information content (AvgIpc) is 2.44. The van der Waals surface area contributed by atoms with Crippen molar-refractivity contribution in [1.29, 1.82) is 0 Å². The van der Waals surface area contributed by atoms with Gasteiger partial charge in [-0.2, -0.15) is 0 Å². The number of likely N-dealkylation sites (N-methyl/N-ethyl adjacent to an activating group) is 1. The Balaban J connectivity index is 2.72. The summed E-state index contributed by atoms with van der Waals surface area (Å²) in [5.74, 6) is 1.06. The lowest BCUT2D eigenvalue weighted by molar-refractivity contribution is -0.384. The van der Waals surface area contributed by atoms with Crippen molar-refractivity contribution < 1.29 is 4.92 Å². The van der Waals surface area contributed by atoms with Gasteiger partial charge in [0.2, 0.25) is 0 Å². The second kappa shape index (κ2) is 8.31. The minimum absolute atomic E-state index is 0.0462. The highest BCUT2D eigenvalue weighted by Crippen LogP contribution is 2.20. The molecule has 0 bridgehead atoms. The Hall–Kier alpha value is -1.89. The number of nitrogens with zero attached hydrogens (tertiary/aromatic N) is 3. The zero-order chi connectivity index (χ0) is 15.0. The molecule has 20 heavy (non-hydrogen) atoms. The van der Waals surface area contributed by atoms with Crippen molar-refractivity contribution in [2.45, 2.75) is 20.3 Å². The molecule has 0 saturated heterocycles. The minimum atomic E-state index is -0.401. The van der Waals surface area contributed by atoms with Crippen molar-refractivity contribution in [3.8, 4) is 0 Å². The van der Waals surface area contributed by atoms with E-state index in [2.05, 4.69) is 27.4 Å². The fraction of sp³-hybridized carbons (Fsp3) is 0.615. The van der Waals surface area contributed by atoms with Gasteiger partial charge in [-0.3, -0.25) is 10.1 Å². The van der Waals surface area contributed by atoms with Crippen LogP contribution in [-0.4, -0.2) is 48.0 Å². The van der Waals surface area contributed by atoms with Crippen LogP contribution in [0.25, 0.3) is 0 Å². The zero-order valence-electron chi connectivity index (χ0n) is 12.3. The van der Waals surface area contributed by atoms with Crippen LogP contribution in [0, 0.1) is 10.1 Å². The van der Waals surface area contributed by atoms with Crippen LogP contribution in [0.2, 0.25) is 0 Å². The molecule has 1 rings (SSSR count). The average molecular weight is 281 g/mol. The number of hydrogen-bond donors (Lipinski definition) is 2. The molecule has 0 aliphatic rings. The lowest BCUT2D eigenvalue weighted by Crippen LogP contribution is -2.25. The van der Waals surface area contributed by atoms with Gasteiger partial charge in [-0.1, -0.05) is 13.8 Å². The third-order valence-corrected chi connectivity index (χ3v) is 2.92. The Morgan fingerprint density at radius 1 is 1.25 bits per heavy atom. The highest BCUT2D eigenvalue weighted by Gasteiger charge is 2.11. The molecule has 0 spiro atoms. The van der Waals surface area contributed by atoms with E-state index in [9.17, 15) is 10.1 Å². The van der Waals surface area contributed by atoms with E-state index in [4.69, 9.17) is 0 Å². The van der Waals surface area contributed by atoms with Crippen LogP contribution in [-0.2, 0) is 0 Å². The Morgan fingerprint density at radius 2 is 1.85 bits per heavy atom. The molecule has 0 saturated carbocycles. The van der Waals surface area contributed by atoms with Crippen molar-refractivity contribution in [1.82, 2.24) is 9.88 Å². The lowest BCUT2D eigenvalue weighted by atomic mass is 10.3. The molecule has 0 aliphatic carbocycles. The zero-order valence-corrected chi connectivity index (χ0v) is 12.3. The van der Waals surface area contributed by atoms with Crippen molar-refractivity contribution in [3.05, 3.63) is 22.2 Å². The predicted molar refractivity (Wildman–Crippen MR) is 81.3 cm³/mol. The molecule has 112 valence electrons. The van der Waals surface area contributed by atoms with E-state index in [0.717, 1.165) is 26.1 Å². The summed E-state index contributed by atoms with van der Waals surface area (Å²) in [5.41, 5.74) is 0.0462. The first-order valence-corrected chi connectivity index (χ1v) is 6.89. The summed E-state index contributed by atoms with van der Waals surface area (Å²) in [6.45, 7) is 7.38. The molecule has 0 atom stereocenters. The third kappa shape index (κ3) is 5.40. The number of anilines is 2. The Bertz CT molecular complexity index is 439. The van der Waals surface area contributed by atoms with Gasteiger partial charge in [0.25, 0.3) is 5.69 Å². The topological polar surface area (TPSA) is 83.3 Å². The first-order valence-electron chi connectivity index (χ1n) is 6.89. The van der Waals surface area contributed by atoms with Gasteiger partial charge in [-0.05, 0) is 20.0 Å². The van der Waals surface area contributed by atoms with Crippen molar-refractivity contribution in [2.75, 3.05) is 43.9 Å². The Kier molecular flexibility index (Phi) is 6.72. The summed E-state index contributed by atoms with van der Waals surface area (Å²) in [7, 11) is 2.02. The number of pyridine rings is 1. The molecule has 1 aromatic rings. The summed E-state index contributed by atoms with van der Waals surface area (Å²) in [5, 5.41) is 17.1. The van der Waals surface area contributed by atoms with Gasteiger partial charge in [0.1, 0.15) is 11.6 Å². The smallest absolute Gasteiger partial charge is 0.276 e. The van der Waals surface area contributed by atoms with Crippen LogP contribution in [0.5, 0.6) is 0 Å². The molecule has 0 aliphatic heterocycles. The fourth-order valence-electron chi connectivity index (χ4n) is 1.59. The van der Waals surface area contributed by atoms with Crippen LogP contribution >= 0.6 is 0 Å². The first-order chi connectivity index (χ1) is 9.56. The molecule has 1 aromatic heterocycles.